The maximum atomic E-state index is 12.7. The second-order valence-corrected chi connectivity index (χ2v) is 6.19. The number of rotatable bonds is 3. The highest BCUT2D eigenvalue weighted by Gasteiger charge is 2.17. The number of para-hydroxylation sites is 1. The number of fused-ring (bicyclic) bond motifs is 4. The fraction of sp³-hybridized carbons (Fsp3) is 0.167. The first-order valence-corrected chi connectivity index (χ1v) is 8.59. The van der Waals surface area contributed by atoms with E-state index in [4.69, 9.17) is 0 Å². The summed E-state index contributed by atoms with van der Waals surface area (Å²) in [5.74, 6) is 0.988. The van der Waals surface area contributed by atoms with Crippen molar-refractivity contribution in [3.8, 4) is 0 Å². The van der Waals surface area contributed by atoms with Gasteiger partial charge >= 0.3 is 5.69 Å². The quantitative estimate of drug-likeness (QED) is 0.477. The van der Waals surface area contributed by atoms with Crippen LogP contribution < -0.4 is 11.2 Å². The Kier molecular flexibility index (Phi) is 3.23. The van der Waals surface area contributed by atoms with Crippen LogP contribution >= 0.6 is 0 Å². The molecule has 9 heteroatoms. The van der Waals surface area contributed by atoms with E-state index in [1.807, 2.05) is 35.6 Å². The lowest BCUT2D eigenvalue weighted by Crippen LogP contribution is -2.24. The number of pyridine rings is 1. The lowest BCUT2D eigenvalue weighted by Gasteiger charge is -2.09. The Hall–Kier alpha value is -3.75. The summed E-state index contributed by atoms with van der Waals surface area (Å²) in [7, 11) is 0. The van der Waals surface area contributed by atoms with E-state index in [0.29, 0.717) is 34.7 Å². The Bertz CT molecular complexity index is 1440. The monoisotopic (exact) mass is 361 g/mol. The minimum atomic E-state index is -0.254. The van der Waals surface area contributed by atoms with Crippen LogP contribution in [0.2, 0.25) is 0 Å². The van der Waals surface area contributed by atoms with Gasteiger partial charge in [0.05, 0.1) is 10.9 Å². The van der Waals surface area contributed by atoms with Gasteiger partial charge in [-0.1, -0.05) is 18.2 Å². The molecule has 1 aromatic carbocycles. The zero-order chi connectivity index (χ0) is 18.5. The van der Waals surface area contributed by atoms with E-state index in [1.54, 1.807) is 29.0 Å². The topological polar surface area (TPSA) is 91.5 Å². The average Bonchev–Trinajstić information content (AvgIpc) is 3.25. The standard InChI is InChI=1S/C18H15N7O2/c1-2-22-16(26)12-7-3-4-8-13(12)25-15(19-20-17(22)25)11-24-18(27)23-10-6-5-9-14(23)21-24/h3-10H,2,11H2,1H3. The Morgan fingerprint density at radius 2 is 1.81 bits per heavy atom. The molecule has 5 aromatic rings. The Labute approximate surface area is 151 Å². The van der Waals surface area contributed by atoms with Crippen LogP contribution in [-0.4, -0.2) is 33.3 Å². The molecule has 0 aliphatic heterocycles. The maximum absolute atomic E-state index is 12.7. The van der Waals surface area contributed by atoms with Crippen LogP contribution in [0.4, 0.5) is 0 Å². The van der Waals surface area contributed by atoms with Crippen molar-refractivity contribution in [2.45, 2.75) is 20.0 Å². The van der Waals surface area contributed by atoms with E-state index in [2.05, 4.69) is 15.3 Å². The predicted molar refractivity (Wildman–Crippen MR) is 99.0 cm³/mol. The van der Waals surface area contributed by atoms with Gasteiger partial charge in [-0.3, -0.25) is 18.2 Å². The van der Waals surface area contributed by atoms with Crippen LogP contribution in [0.5, 0.6) is 0 Å². The van der Waals surface area contributed by atoms with Gasteiger partial charge < -0.3 is 0 Å². The molecular weight excluding hydrogens is 346 g/mol. The molecule has 0 fully saturated rings. The number of hydrogen-bond donors (Lipinski definition) is 0. The Morgan fingerprint density at radius 3 is 2.63 bits per heavy atom. The lowest BCUT2D eigenvalue weighted by atomic mass is 10.2. The van der Waals surface area contributed by atoms with Crippen molar-refractivity contribution >= 4 is 22.3 Å². The molecule has 0 saturated heterocycles. The molecular formula is C18H15N7O2. The number of aromatic nitrogens is 7. The van der Waals surface area contributed by atoms with Gasteiger partial charge in [-0.2, -0.15) is 0 Å². The first-order valence-electron chi connectivity index (χ1n) is 8.59. The van der Waals surface area contributed by atoms with Gasteiger partial charge in [0.1, 0.15) is 6.54 Å². The minimum Gasteiger partial charge on any atom is -0.277 e. The van der Waals surface area contributed by atoms with Crippen LogP contribution in [0.15, 0.2) is 58.3 Å². The van der Waals surface area contributed by atoms with Crippen molar-refractivity contribution in [3.05, 3.63) is 75.3 Å². The zero-order valence-electron chi connectivity index (χ0n) is 14.5. The second kappa shape index (κ2) is 5.63. The molecule has 0 aliphatic rings. The average molecular weight is 361 g/mol. The van der Waals surface area contributed by atoms with E-state index in [1.165, 1.54) is 9.08 Å². The van der Waals surface area contributed by atoms with Gasteiger partial charge in [0, 0.05) is 12.7 Å². The molecule has 0 spiro atoms. The van der Waals surface area contributed by atoms with E-state index in [9.17, 15) is 9.59 Å². The van der Waals surface area contributed by atoms with Crippen molar-refractivity contribution in [2.75, 3.05) is 0 Å². The molecule has 0 bridgehead atoms. The summed E-state index contributed by atoms with van der Waals surface area (Å²) < 4.78 is 6.22. The molecule has 4 aromatic heterocycles. The van der Waals surface area contributed by atoms with Crippen molar-refractivity contribution in [2.24, 2.45) is 0 Å². The van der Waals surface area contributed by atoms with Crippen LogP contribution in [0, 0.1) is 0 Å². The molecule has 0 unspecified atom stereocenters. The molecule has 27 heavy (non-hydrogen) atoms. The molecule has 134 valence electrons. The number of nitrogens with zero attached hydrogens (tertiary/aromatic N) is 7. The van der Waals surface area contributed by atoms with Crippen LogP contribution in [0.1, 0.15) is 12.7 Å². The normalized spacial score (nSPS) is 11.7. The van der Waals surface area contributed by atoms with Crippen molar-refractivity contribution in [1.29, 1.82) is 0 Å². The van der Waals surface area contributed by atoms with Crippen molar-refractivity contribution in [3.63, 3.8) is 0 Å². The predicted octanol–water partition coefficient (Wildman–Crippen LogP) is 0.922. The van der Waals surface area contributed by atoms with Gasteiger partial charge in [0.15, 0.2) is 11.5 Å². The fourth-order valence-corrected chi connectivity index (χ4v) is 3.41. The third kappa shape index (κ3) is 2.14. The third-order valence-corrected chi connectivity index (χ3v) is 4.67. The number of aryl methyl sites for hydroxylation is 1. The zero-order valence-corrected chi connectivity index (χ0v) is 14.5. The molecule has 0 saturated carbocycles. The molecule has 0 N–H and O–H groups in total. The van der Waals surface area contributed by atoms with E-state index < -0.39 is 0 Å². The highest BCUT2D eigenvalue weighted by Crippen LogP contribution is 2.15. The molecule has 0 amide bonds. The summed E-state index contributed by atoms with van der Waals surface area (Å²) in [6.07, 6.45) is 1.67. The summed E-state index contributed by atoms with van der Waals surface area (Å²) in [5, 5.41) is 13.4. The van der Waals surface area contributed by atoms with Crippen LogP contribution in [0.25, 0.3) is 22.3 Å². The first kappa shape index (κ1) is 15.5. The summed E-state index contributed by atoms with van der Waals surface area (Å²) >= 11 is 0. The molecule has 0 radical (unpaired) electrons. The lowest BCUT2D eigenvalue weighted by molar-refractivity contribution is 0.627. The molecule has 4 heterocycles. The summed E-state index contributed by atoms with van der Waals surface area (Å²) in [6, 6.07) is 12.7. The minimum absolute atomic E-state index is 0.107. The molecule has 0 aliphatic carbocycles. The van der Waals surface area contributed by atoms with E-state index in [0.717, 1.165) is 0 Å². The van der Waals surface area contributed by atoms with E-state index in [-0.39, 0.29) is 17.8 Å². The third-order valence-electron chi connectivity index (χ3n) is 4.67. The molecule has 5 rings (SSSR count). The Morgan fingerprint density at radius 1 is 1.00 bits per heavy atom. The SMILES string of the molecule is CCn1c(=O)c2ccccc2n2c(Cn3nc4ccccn4c3=O)nnc12. The highest BCUT2D eigenvalue weighted by atomic mass is 16.2. The van der Waals surface area contributed by atoms with Crippen molar-refractivity contribution in [1.82, 2.24) is 33.3 Å². The molecule has 9 nitrogen and oxygen atoms in total. The van der Waals surface area contributed by atoms with Gasteiger partial charge in [-0.15, -0.1) is 15.3 Å². The maximum Gasteiger partial charge on any atom is 0.350 e. The van der Waals surface area contributed by atoms with Crippen LogP contribution in [0.3, 0.4) is 0 Å². The van der Waals surface area contributed by atoms with Gasteiger partial charge in [-0.25, -0.2) is 9.48 Å². The van der Waals surface area contributed by atoms with Crippen molar-refractivity contribution < 1.29 is 0 Å². The smallest absolute Gasteiger partial charge is 0.277 e. The summed E-state index contributed by atoms with van der Waals surface area (Å²) in [5.41, 5.74) is 0.908. The Balaban J connectivity index is 1.79. The van der Waals surface area contributed by atoms with Crippen LogP contribution in [-0.2, 0) is 13.1 Å². The van der Waals surface area contributed by atoms with Gasteiger partial charge in [-0.05, 0) is 31.2 Å². The molecule has 0 atom stereocenters. The summed E-state index contributed by atoms with van der Waals surface area (Å²) in [6.45, 7) is 2.50. The van der Waals surface area contributed by atoms with Gasteiger partial charge in [0.2, 0.25) is 5.78 Å². The first-order chi connectivity index (χ1) is 13.2. The largest absolute Gasteiger partial charge is 0.350 e. The number of benzene rings is 1. The second-order valence-electron chi connectivity index (χ2n) is 6.19. The van der Waals surface area contributed by atoms with E-state index >= 15 is 0 Å². The summed E-state index contributed by atoms with van der Waals surface area (Å²) in [4.78, 5) is 25.3. The fourth-order valence-electron chi connectivity index (χ4n) is 3.41. The van der Waals surface area contributed by atoms with Gasteiger partial charge in [0.25, 0.3) is 5.56 Å². The highest BCUT2D eigenvalue weighted by molar-refractivity contribution is 5.80. The number of hydrogen-bond acceptors (Lipinski definition) is 5.